The second kappa shape index (κ2) is 10.1. The summed E-state index contributed by atoms with van der Waals surface area (Å²) in [6, 6.07) is 7.67. The number of fused-ring (bicyclic) bond motifs is 1. The number of nitrogens with zero attached hydrogens (tertiary/aromatic N) is 5. The minimum absolute atomic E-state index is 0.207. The number of aromatic nitrogens is 4. The number of halogens is 3. The van der Waals surface area contributed by atoms with E-state index in [2.05, 4.69) is 27.1 Å². The lowest BCUT2D eigenvalue weighted by Gasteiger charge is -2.21. The Hall–Kier alpha value is -4.92. The SMILES string of the molecule is CC#CC(=O)N1CCC[C@H]1c1nc(-c2ccc(C(=O)Nc3cc(C(F)(F)F)ccn3)cc2)c2c(N)nccn12. The summed E-state index contributed by atoms with van der Waals surface area (Å²) >= 11 is 0. The van der Waals surface area contributed by atoms with Crippen LogP contribution in [0.3, 0.4) is 0 Å². The summed E-state index contributed by atoms with van der Waals surface area (Å²) in [5, 5.41) is 2.39. The molecule has 0 radical (unpaired) electrons. The van der Waals surface area contributed by atoms with E-state index in [0.29, 0.717) is 35.6 Å². The largest absolute Gasteiger partial charge is 0.416 e. The fourth-order valence-corrected chi connectivity index (χ4v) is 4.62. The number of hydrogen-bond acceptors (Lipinski definition) is 6. The zero-order valence-corrected chi connectivity index (χ0v) is 20.7. The number of carbonyl (C=O) groups is 2. The van der Waals surface area contributed by atoms with Crippen LogP contribution >= 0.6 is 0 Å². The molecule has 1 saturated heterocycles. The van der Waals surface area contributed by atoms with E-state index in [0.717, 1.165) is 24.8 Å². The second-order valence-electron chi connectivity index (χ2n) is 8.84. The highest BCUT2D eigenvalue weighted by atomic mass is 19.4. The molecule has 0 bridgehead atoms. The van der Waals surface area contributed by atoms with Gasteiger partial charge in [-0.2, -0.15) is 13.2 Å². The van der Waals surface area contributed by atoms with Gasteiger partial charge in [0.25, 0.3) is 11.8 Å². The van der Waals surface area contributed by atoms with Crippen molar-refractivity contribution in [2.45, 2.75) is 32.0 Å². The van der Waals surface area contributed by atoms with Crippen LogP contribution in [0.25, 0.3) is 16.8 Å². The fraction of sp³-hybridized carbons (Fsp3) is 0.222. The Morgan fingerprint density at radius 2 is 1.90 bits per heavy atom. The first-order chi connectivity index (χ1) is 18.7. The Morgan fingerprint density at radius 1 is 1.13 bits per heavy atom. The Kier molecular flexibility index (Phi) is 6.66. The topological polar surface area (TPSA) is 119 Å². The zero-order valence-electron chi connectivity index (χ0n) is 20.7. The number of pyridine rings is 1. The van der Waals surface area contributed by atoms with Gasteiger partial charge in [0.2, 0.25) is 0 Å². The minimum Gasteiger partial charge on any atom is -0.382 e. The summed E-state index contributed by atoms with van der Waals surface area (Å²) < 4.78 is 40.8. The number of anilines is 2. The first-order valence-electron chi connectivity index (χ1n) is 12.0. The van der Waals surface area contributed by atoms with Gasteiger partial charge in [0.05, 0.1) is 11.6 Å². The van der Waals surface area contributed by atoms with E-state index in [-0.39, 0.29) is 29.1 Å². The molecule has 1 aliphatic rings. The molecule has 12 heteroatoms. The molecule has 0 saturated carbocycles. The van der Waals surface area contributed by atoms with Gasteiger partial charge in [-0.15, -0.1) is 0 Å². The van der Waals surface area contributed by atoms with Gasteiger partial charge in [-0.3, -0.25) is 14.0 Å². The number of nitrogens with one attached hydrogen (secondary N) is 1. The molecule has 1 atom stereocenters. The number of likely N-dealkylation sites (tertiary alicyclic amines) is 1. The lowest BCUT2D eigenvalue weighted by atomic mass is 10.1. The average Bonchev–Trinajstić information content (AvgIpc) is 3.54. The van der Waals surface area contributed by atoms with Crippen molar-refractivity contribution in [3.63, 3.8) is 0 Å². The molecule has 198 valence electrons. The van der Waals surface area contributed by atoms with E-state index < -0.39 is 17.6 Å². The second-order valence-corrected chi connectivity index (χ2v) is 8.84. The number of hydrogen-bond donors (Lipinski definition) is 2. The number of carbonyl (C=O) groups excluding carboxylic acids is 2. The third-order valence-corrected chi connectivity index (χ3v) is 6.40. The highest BCUT2D eigenvalue weighted by Crippen LogP contribution is 2.36. The monoisotopic (exact) mass is 533 g/mol. The van der Waals surface area contributed by atoms with E-state index in [1.165, 1.54) is 12.1 Å². The van der Waals surface area contributed by atoms with Gasteiger partial charge in [0, 0.05) is 36.3 Å². The number of benzene rings is 1. The van der Waals surface area contributed by atoms with Gasteiger partial charge >= 0.3 is 6.18 Å². The predicted molar refractivity (Wildman–Crippen MR) is 137 cm³/mol. The summed E-state index contributed by atoms with van der Waals surface area (Å²) in [5.41, 5.74) is 7.23. The molecule has 4 aromatic rings. The van der Waals surface area contributed by atoms with Crippen molar-refractivity contribution in [1.82, 2.24) is 24.3 Å². The van der Waals surface area contributed by atoms with Crippen LogP contribution in [0, 0.1) is 11.8 Å². The van der Waals surface area contributed by atoms with Crippen LogP contribution in [0.5, 0.6) is 0 Å². The fourth-order valence-electron chi connectivity index (χ4n) is 4.62. The van der Waals surface area contributed by atoms with Gasteiger partial charge in [0.15, 0.2) is 0 Å². The third-order valence-electron chi connectivity index (χ3n) is 6.40. The standard InChI is InChI=1S/C27H22F3N7O2/c1-2-4-21(38)36-13-3-5-19(36)25-35-22(23-24(31)33-12-14-37(23)25)16-6-8-17(9-7-16)26(39)34-20-15-18(10-11-32-20)27(28,29)30/h6-12,14-15,19H,3,5,13H2,1H3,(H2,31,33)(H,32,34,39)/t19-/m0/s1. The molecule has 0 spiro atoms. The summed E-state index contributed by atoms with van der Waals surface area (Å²) in [6.07, 6.45) is 1.22. The maximum Gasteiger partial charge on any atom is 0.416 e. The molecule has 1 aromatic carbocycles. The smallest absolute Gasteiger partial charge is 0.382 e. The van der Waals surface area contributed by atoms with Crippen molar-refractivity contribution in [2.75, 3.05) is 17.6 Å². The van der Waals surface area contributed by atoms with Crippen molar-refractivity contribution in [2.24, 2.45) is 0 Å². The highest BCUT2D eigenvalue weighted by molar-refractivity contribution is 6.04. The van der Waals surface area contributed by atoms with E-state index in [9.17, 15) is 22.8 Å². The number of rotatable bonds is 4. The number of nitrogens with two attached hydrogens (primary N) is 1. The van der Waals surface area contributed by atoms with Crippen molar-refractivity contribution in [1.29, 1.82) is 0 Å². The van der Waals surface area contributed by atoms with Crippen LogP contribution in [-0.2, 0) is 11.0 Å². The van der Waals surface area contributed by atoms with Crippen molar-refractivity contribution >= 4 is 29.0 Å². The molecule has 3 aromatic heterocycles. The van der Waals surface area contributed by atoms with Crippen LogP contribution in [0.4, 0.5) is 24.8 Å². The molecule has 4 heterocycles. The summed E-state index contributed by atoms with van der Waals surface area (Å²) in [5.74, 6) is 4.99. The normalized spacial score (nSPS) is 15.2. The van der Waals surface area contributed by atoms with Crippen LogP contribution in [0.2, 0.25) is 0 Å². The van der Waals surface area contributed by atoms with Crippen molar-refractivity contribution < 1.29 is 22.8 Å². The predicted octanol–water partition coefficient (Wildman–Crippen LogP) is 4.33. The number of nitrogen functional groups attached to an aromatic ring is 1. The Morgan fingerprint density at radius 3 is 2.62 bits per heavy atom. The Labute approximate surface area is 220 Å². The van der Waals surface area contributed by atoms with Gasteiger partial charge in [-0.1, -0.05) is 18.1 Å². The molecule has 2 amide bonds. The molecule has 1 aliphatic heterocycles. The minimum atomic E-state index is -4.56. The lowest BCUT2D eigenvalue weighted by molar-refractivity contribution is -0.137. The third kappa shape index (κ3) is 4.98. The van der Waals surface area contributed by atoms with E-state index in [4.69, 9.17) is 10.7 Å². The lowest BCUT2D eigenvalue weighted by Crippen LogP contribution is -2.30. The molecular formula is C27H22F3N7O2. The Bertz CT molecular complexity index is 1640. The maximum atomic E-state index is 13.0. The van der Waals surface area contributed by atoms with Crippen molar-refractivity contribution in [3.8, 4) is 23.1 Å². The summed E-state index contributed by atoms with van der Waals surface area (Å²) in [4.78, 5) is 39.8. The number of imidazole rings is 1. The van der Waals surface area contributed by atoms with Crippen LogP contribution < -0.4 is 11.1 Å². The summed E-state index contributed by atoms with van der Waals surface area (Å²) in [7, 11) is 0. The van der Waals surface area contributed by atoms with E-state index >= 15 is 0 Å². The van der Waals surface area contributed by atoms with Gasteiger partial charge in [-0.05, 0) is 50.0 Å². The first-order valence-corrected chi connectivity index (χ1v) is 12.0. The molecule has 39 heavy (non-hydrogen) atoms. The molecule has 1 fully saturated rings. The summed E-state index contributed by atoms with van der Waals surface area (Å²) in [6.45, 7) is 2.17. The molecule has 0 aliphatic carbocycles. The molecular weight excluding hydrogens is 511 g/mol. The quantitative estimate of drug-likeness (QED) is 0.377. The van der Waals surface area contributed by atoms with E-state index in [1.807, 2.05) is 4.40 Å². The highest BCUT2D eigenvalue weighted by Gasteiger charge is 2.34. The zero-order chi connectivity index (χ0) is 27.7. The van der Waals surface area contributed by atoms with Gasteiger partial charge in [-0.25, -0.2) is 15.0 Å². The average molecular weight is 534 g/mol. The molecule has 0 unspecified atom stereocenters. The Balaban J connectivity index is 1.46. The molecule has 3 N–H and O–H groups in total. The van der Waals surface area contributed by atoms with Crippen LogP contribution in [0.15, 0.2) is 55.0 Å². The number of amides is 2. The maximum absolute atomic E-state index is 13.0. The first kappa shape index (κ1) is 25.7. The van der Waals surface area contributed by atoms with Gasteiger partial charge < -0.3 is 16.0 Å². The van der Waals surface area contributed by atoms with Crippen LogP contribution in [-0.4, -0.2) is 42.6 Å². The van der Waals surface area contributed by atoms with E-state index in [1.54, 1.807) is 36.4 Å². The van der Waals surface area contributed by atoms with Crippen LogP contribution in [0.1, 0.15) is 47.6 Å². The molecule has 5 rings (SSSR count). The van der Waals surface area contributed by atoms with Gasteiger partial charge in [0.1, 0.15) is 28.7 Å². The van der Waals surface area contributed by atoms with Crippen molar-refractivity contribution in [3.05, 3.63) is 71.9 Å². The number of alkyl halides is 3. The molecule has 9 nitrogen and oxygen atoms in total.